The second-order valence-electron chi connectivity index (χ2n) is 6.51. The Hall–Kier alpha value is -4.14. The van der Waals surface area contributed by atoms with Gasteiger partial charge in [0.1, 0.15) is 41.0 Å². The molecule has 0 amide bonds. The molecular weight excluding hydrogens is 368 g/mol. The number of nitrogens with one attached hydrogen (secondary N) is 1. The third-order valence-corrected chi connectivity index (χ3v) is 4.42. The van der Waals surface area contributed by atoms with E-state index in [-0.39, 0.29) is 0 Å². The Bertz CT molecular complexity index is 1350. The van der Waals surface area contributed by atoms with Gasteiger partial charge in [0.25, 0.3) is 0 Å². The quantitative estimate of drug-likeness (QED) is 0.501. The summed E-state index contributed by atoms with van der Waals surface area (Å²) in [5, 5.41) is 7.39. The summed E-state index contributed by atoms with van der Waals surface area (Å²) < 4.78 is 7.71. The Morgan fingerprint density at radius 3 is 2.79 bits per heavy atom. The first kappa shape index (κ1) is 17.0. The molecule has 9 nitrogen and oxygen atoms in total. The molecule has 0 saturated heterocycles. The van der Waals surface area contributed by atoms with Gasteiger partial charge in [0.05, 0.1) is 6.20 Å². The predicted octanol–water partition coefficient (Wildman–Crippen LogP) is 3.62. The fourth-order valence-corrected chi connectivity index (χ4v) is 3.00. The van der Waals surface area contributed by atoms with Crippen molar-refractivity contribution in [3.8, 4) is 11.5 Å². The Labute approximate surface area is 165 Å². The SMILES string of the molecule is Cc1ncc2ncnc(Nc3ccc(Oc4ccn5ncnc5c4)c(C)c3)c2n1. The van der Waals surface area contributed by atoms with Crippen LogP contribution in [0.15, 0.2) is 55.4 Å². The van der Waals surface area contributed by atoms with Gasteiger partial charge in [-0.25, -0.2) is 29.4 Å². The van der Waals surface area contributed by atoms with Gasteiger partial charge < -0.3 is 10.1 Å². The summed E-state index contributed by atoms with van der Waals surface area (Å²) in [5.74, 6) is 2.75. The zero-order chi connectivity index (χ0) is 19.8. The molecule has 0 fully saturated rings. The van der Waals surface area contributed by atoms with E-state index in [1.165, 1.54) is 12.7 Å². The molecule has 5 aromatic rings. The van der Waals surface area contributed by atoms with E-state index in [1.54, 1.807) is 10.7 Å². The summed E-state index contributed by atoms with van der Waals surface area (Å²) in [5.41, 5.74) is 3.94. The second kappa shape index (κ2) is 6.79. The smallest absolute Gasteiger partial charge is 0.160 e. The highest BCUT2D eigenvalue weighted by atomic mass is 16.5. The van der Waals surface area contributed by atoms with Crippen LogP contribution < -0.4 is 10.1 Å². The molecule has 4 heterocycles. The number of ether oxygens (including phenoxy) is 1. The van der Waals surface area contributed by atoms with Gasteiger partial charge in [0, 0.05) is 18.0 Å². The third-order valence-electron chi connectivity index (χ3n) is 4.42. The van der Waals surface area contributed by atoms with E-state index in [2.05, 4.69) is 35.3 Å². The molecule has 9 heteroatoms. The van der Waals surface area contributed by atoms with Gasteiger partial charge in [-0.05, 0) is 43.7 Å². The zero-order valence-electron chi connectivity index (χ0n) is 15.7. The van der Waals surface area contributed by atoms with Crippen LogP contribution in [0.1, 0.15) is 11.4 Å². The number of hydrogen-bond donors (Lipinski definition) is 1. The molecular formula is C20H16N8O. The van der Waals surface area contributed by atoms with E-state index in [4.69, 9.17) is 4.74 Å². The van der Waals surface area contributed by atoms with Gasteiger partial charge in [0.2, 0.25) is 0 Å². The van der Waals surface area contributed by atoms with E-state index in [1.807, 2.05) is 50.4 Å². The lowest BCUT2D eigenvalue weighted by molar-refractivity contribution is 0.478. The highest BCUT2D eigenvalue weighted by Gasteiger charge is 2.09. The molecule has 0 bridgehead atoms. The van der Waals surface area contributed by atoms with E-state index < -0.39 is 0 Å². The lowest BCUT2D eigenvalue weighted by Crippen LogP contribution is -2.00. The molecule has 5 rings (SSSR count). The number of rotatable bonds is 4. The summed E-state index contributed by atoms with van der Waals surface area (Å²) in [4.78, 5) is 21.3. The molecule has 0 radical (unpaired) electrons. The van der Waals surface area contributed by atoms with Gasteiger partial charge in [-0.3, -0.25) is 0 Å². The average Bonchev–Trinajstić information content (AvgIpc) is 3.18. The number of nitrogens with zero attached hydrogens (tertiary/aromatic N) is 7. The van der Waals surface area contributed by atoms with Crippen molar-refractivity contribution in [3.05, 3.63) is 66.8 Å². The Morgan fingerprint density at radius 2 is 1.90 bits per heavy atom. The number of benzene rings is 1. The van der Waals surface area contributed by atoms with Crippen molar-refractivity contribution in [3.63, 3.8) is 0 Å². The van der Waals surface area contributed by atoms with Gasteiger partial charge in [-0.15, -0.1) is 0 Å². The van der Waals surface area contributed by atoms with E-state index >= 15 is 0 Å². The molecule has 0 saturated carbocycles. The Kier molecular flexibility index (Phi) is 3.98. The van der Waals surface area contributed by atoms with E-state index in [0.29, 0.717) is 28.4 Å². The number of pyridine rings is 1. The molecule has 0 aliphatic carbocycles. The van der Waals surface area contributed by atoms with Crippen LogP contribution in [0, 0.1) is 13.8 Å². The fraction of sp³-hybridized carbons (Fsp3) is 0.100. The van der Waals surface area contributed by atoms with Crippen molar-refractivity contribution in [2.24, 2.45) is 0 Å². The first-order chi connectivity index (χ1) is 14.2. The van der Waals surface area contributed by atoms with Crippen molar-refractivity contribution in [1.29, 1.82) is 0 Å². The van der Waals surface area contributed by atoms with Gasteiger partial charge in [-0.2, -0.15) is 5.10 Å². The standard InChI is InChI=1S/C20H16N8O/c1-12-7-14(27-20-19-16(22-10-24-20)9-21-13(2)26-19)3-4-17(12)29-15-5-6-28-18(8-15)23-11-25-28/h3-11H,1-2H3,(H,22,24,27). The van der Waals surface area contributed by atoms with Crippen LogP contribution in [0.25, 0.3) is 16.7 Å². The average molecular weight is 384 g/mol. The normalized spacial score (nSPS) is 11.1. The number of hydrogen-bond acceptors (Lipinski definition) is 8. The second-order valence-corrected chi connectivity index (χ2v) is 6.51. The molecule has 1 N–H and O–H groups in total. The summed E-state index contributed by atoms with van der Waals surface area (Å²) in [6.45, 7) is 3.82. The van der Waals surface area contributed by atoms with Crippen molar-refractivity contribution < 1.29 is 4.74 Å². The monoisotopic (exact) mass is 384 g/mol. The van der Waals surface area contributed by atoms with Crippen LogP contribution in [-0.4, -0.2) is 34.5 Å². The molecule has 29 heavy (non-hydrogen) atoms. The lowest BCUT2D eigenvalue weighted by atomic mass is 10.2. The van der Waals surface area contributed by atoms with Gasteiger partial charge in [0.15, 0.2) is 11.5 Å². The van der Waals surface area contributed by atoms with Crippen LogP contribution >= 0.6 is 0 Å². The number of anilines is 2. The number of aryl methyl sites for hydroxylation is 2. The molecule has 142 valence electrons. The van der Waals surface area contributed by atoms with E-state index in [9.17, 15) is 0 Å². The first-order valence-corrected chi connectivity index (χ1v) is 8.95. The van der Waals surface area contributed by atoms with Crippen molar-refractivity contribution in [2.75, 3.05) is 5.32 Å². The lowest BCUT2D eigenvalue weighted by Gasteiger charge is -2.12. The minimum atomic E-state index is 0.630. The largest absolute Gasteiger partial charge is 0.457 e. The molecule has 0 spiro atoms. The summed E-state index contributed by atoms with van der Waals surface area (Å²) in [7, 11) is 0. The molecule has 1 aromatic carbocycles. The van der Waals surface area contributed by atoms with Crippen molar-refractivity contribution >= 4 is 28.2 Å². The molecule has 0 unspecified atom stereocenters. The zero-order valence-corrected chi connectivity index (χ0v) is 15.7. The van der Waals surface area contributed by atoms with E-state index in [0.717, 1.165) is 22.6 Å². The molecule has 4 aromatic heterocycles. The topological polar surface area (TPSA) is 103 Å². The maximum absolute atomic E-state index is 6.02. The summed E-state index contributed by atoms with van der Waals surface area (Å²) >= 11 is 0. The van der Waals surface area contributed by atoms with Crippen LogP contribution in [0.5, 0.6) is 11.5 Å². The predicted molar refractivity (Wildman–Crippen MR) is 107 cm³/mol. The minimum Gasteiger partial charge on any atom is -0.457 e. The Morgan fingerprint density at radius 1 is 0.966 bits per heavy atom. The van der Waals surface area contributed by atoms with Crippen LogP contribution in [0.2, 0.25) is 0 Å². The molecule has 0 atom stereocenters. The molecule has 0 aliphatic rings. The Balaban J connectivity index is 1.42. The third kappa shape index (κ3) is 3.29. The summed E-state index contributed by atoms with van der Waals surface area (Å²) in [6.07, 6.45) is 6.51. The highest BCUT2D eigenvalue weighted by Crippen LogP contribution is 2.29. The number of aromatic nitrogens is 7. The van der Waals surface area contributed by atoms with Gasteiger partial charge in [-0.1, -0.05) is 0 Å². The maximum Gasteiger partial charge on any atom is 0.160 e. The molecule has 0 aliphatic heterocycles. The van der Waals surface area contributed by atoms with Gasteiger partial charge >= 0.3 is 0 Å². The van der Waals surface area contributed by atoms with Crippen molar-refractivity contribution in [1.82, 2.24) is 34.5 Å². The minimum absolute atomic E-state index is 0.630. The van der Waals surface area contributed by atoms with Crippen molar-refractivity contribution in [2.45, 2.75) is 13.8 Å². The maximum atomic E-state index is 6.02. The highest BCUT2D eigenvalue weighted by molar-refractivity contribution is 5.86. The van der Waals surface area contributed by atoms with Crippen LogP contribution in [0.3, 0.4) is 0 Å². The first-order valence-electron chi connectivity index (χ1n) is 8.95. The summed E-state index contributed by atoms with van der Waals surface area (Å²) in [6, 6.07) is 9.53. The van der Waals surface area contributed by atoms with Crippen LogP contribution in [0.4, 0.5) is 11.5 Å². The fourth-order valence-electron chi connectivity index (χ4n) is 3.00. The van der Waals surface area contributed by atoms with Crippen LogP contribution in [-0.2, 0) is 0 Å². The number of fused-ring (bicyclic) bond motifs is 2.